The normalized spacial score (nSPS) is 12.2. The number of amides is 1. The molecule has 4 heteroatoms. The van der Waals surface area contributed by atoms with Gasteiger partial charge in [-0.3, -0.25) is 4.79 Å². The van der Waals surface area contributed by atoms with Crippen LogP contribution in [-0.4, -0.2) is 19.1 Å². The first kappa shape index (κ1) is 20.8. The van der Waals surface area contributed by atoms with Gasteiger partial charge in [0.1, 0.15) is 11.5 Å². The molecule has 2 aromatic rings. The van der Waals surface area contributed by atoms with Crippen LogP contribution < -0.4 is 14.8 Å². The fraction of sp³-hybridized carbons (Fsp3) is 0.435. The summed E-state index contributed by atoms with van der Waals surface area (Å²) in [7, 11) is 1.69. The largest absolute Gasteiger partial charge is 0.496 e. The van der Waals surface area contributed by atoms with Crippen molar-refractivity contribution < 1.29 is 14.3 Å². The predicted octanol–water partition coefficient (Wildman–Crippen LogP) is 5.41. The highest BCUT2D eigenvalue weighted by Gasteiger charge is 2.17. The van der Waals surface area contributed by atoms with Crippen LogP contribution >= 0.6 is 0 Å². The Morgan fingerprint density at radius 1 is 0.963 bits per heavy atom. The average molecular weight is 370 g/mol. The van der Waals surface area contributed by atoms with Gasteiger partial charge in [-0.2, -0.15) is 0 Å². The van der Waals surface area contributed by atoms with Crippen LogP contribution in [0.2, 0.25) is 0 Å². The number of ether oxygens (including phenoxy) is 2. The third-order valence-electron chi connectivity index (χ3n) is 4.54. The second kappa shape index (κ2) is 8.94. The van der Waals surface area contributed by atoms with Crippen molar-refractivity contribution in [3.63, 3.8) is 0 Å². The zero-order valence-electron chi connectivity index (χ0n) is 17.4. The molecule has 0 bridgehead atoms. The molecule has 1 N–H and O–H groups in total. The molecule has 0 heterocycles. The number of rotatable bonds is 7. The van der Waals surface area contributed by atoms with E-state index < -0.39 is 0 Å². The lowest BCUT2D eigenvalue weighted by atomic mass is 9.93. The summed E-state index contributed by atoms with van der Waals surface area (Å²) in [6, 6.07) is 11.3. The van der Waals surface area contributed by atoms with Gasteiger partial charge in [0.25, 0.3) is 5.91 Å². The Bertz CT molecular complexity index is 779. The third kappa shape index (κ3) is 5.25. The molecule has 4 nitrogen and oxygen atoms in total. The highest BCUT2D eigenvalue weighted by molar-refractivity contribution is 5.94. The maximum absolute atomic E-state index is 12.6. The minimum atomic E-state index is -0.104. The molecule has 0 saturated carbocycles. The first-order chi connectivity index (χ1) is 12.7. The summed E-state index contributed by atoms with van der Waals surface area (Å²) in [6.07, 6.45) is 0.109. The van der Waals surface area contributed by atoms with Gasteiger partial charge in [0.15, 0.2) is 0 Å². The van der Waals surface area contributed by atoms with Crippen molar-refractivity contribution in [3.05, 3.63) is 58.7 Å². The molecule has 0 saturated heterocycles. The van der Waals surface area contributed by atoms with Crippen molar-refractivity contribution >= 4 is 5.91 Å². The number of aryl methyl sites for hydroxylation is 1. The van der Waals surface area contributed by atoms with Crippen LogP contribution in [0.1, 0.15) is 73.6 Å². The van der Waals surface area contributed by atoms with Crippen LogP contribution in [0.5, 0.6) is 11.5 Å². The molecular weight excluding hydrogens is 338 g/mol. The van der Waals surface area contributed by atoms with Gasteiger partial charge in [0.05, 0.1) is 19.3 Å². The number of methoxy groups -OCH3 is 1. The summed E-state index contributed by atoms with van der Waals surface area (Å²) in [6.45, 7) is 12.3. The van der Waals surface area contributed by atoms with Crippen LogP contribution in [0.3, 0.4) is 0 Å². The predicted molar refractivity (Wildman–Crippen MR) is 110 cm³/mol. The molecule has 1 unspecified atom stereocenters. The van der Waals surface area contributed by atoms with Crippen molar-refractivity contribution in [2.45, 2.75) is 59.6 Å². The minimum absolute atomic E-state index is 0.0973. The van der Waals surface area contributed by atoms with E-state index in [1.807, 2.05) is 45.9 Å². The summed E-state index contributed by atoms with van der Waals surface area (Å²) in [5.74, 6) is 1.91. The molecule has 0 aliphatic heterocycles. The zero-order chi connectivity index (χ0) is 20.1. The van der Waals surface area contributed by atoms with E-state index in [1.165, 1.54) is 0 Å². The Labute approximate surface area is 162 Å². The second-order valence-electron chi connectivity index (χ2n) is 7.49. The highest BCUT2D eigenvalue weighted by atomic mass is 16.5. The molecule has 1 atom stereocenters. The van der Waals surface area contributed by atoms with Crippen molar-refractivity contribution in [1.82, 2.24) is 5.32 Å². The van der Waals surface area contributed by atoms with Crippen molar-refractivity contribution in [1.29, 1.82) is 0 Å². The minimum Gasteiger partial charge on any atom is -0.496 e. The van der Waals surface area contributed by atoms with Gasteiger partial charge in [0.2, 0.25) is 0 Å². The highest BCUT2D eigenvalue weighted by Crippen LogP contribution is 2.32. The van der Waals surface area contributed by atoms with Crippen LogP contribution in [-0.2, 0) is 0 Å². The standard InChI is InChI=1S/C23H31NO3/c1-14(2)20-13-21(16(5)12-22(20)26-7)17(6)24-23(25)18-8-10-19(11-9-18)27-15(3)4/h8-15,17H,1-7H3,(H,24,25). The molecule has 0 aliphatic carbocycles. The van der Waals surface area contributed by atoms with Gasteiger partial charge in [-0.05, 0) is 86.7 Å². The molecule has 2 aromatic carbocycles. The lowest BCUT2D eigenvalue weighted by Crippen LogP contribution is -2.27. The van der Waals surface area contributed by atoms with E-state index in [0.717, 1.165) is 28.2 Å². The third-order valence-corrected chi connectivity index (χ3v) is 4.54. The maximum Gasteiger partial charge on any atom is 0.251 e. The van der Waals surface area contributed by atoms with Gasteiger partial charge in [0, 0.05) is 5.56 Å². The van der Waals surface area contributed by atoms with Crippen LogP contribution in [0.15, 0.2) is 36.4 Å². The molecular formula is C23H31NO3. The quantitative estimate of drug-likeness (QED) is 0.710. The van der Waals surface area contributed by atoms with Gasteiger partial charge in [-0.15, -0.1) is 0 Å². The summed E-state index contributed by atoms with van der Waals surface area (Å²) in [5.41, 5.74) is 3.97. The van der Waals surface area contributed by atoms with Gasteiger partial charge >= 0.3 is 0 Å². The summed E-state index contributed by atoms with van der Waals surface area (Å²) in [4.78, 5) is 12.6. The Morgan fingerprint density at radius 3 is 2.11 bits per heavy atom. The van der Waals surface area contributed by atoms with E-state index in [9.17, 15) is 4.79 Å². The number of carbonyl (C=O) groups excluding carboxylic acids is 1. The van der Waals surface area contributed by atoms with E-state index in [1.54, 1.807) is 19.2 Å². The van der Waals surface area contributed by atoms with Gasteiger partial charge in [-0.25, -0.2) is 0 Å². The second-order valence-corrected chi connectivity index (χ2v) is 7.49. The van der Waals surface area contributed by atoms with Crippen molar-refractivity contribution in [2.24, 2.45) is 0 Å². The SMILES string of the molecule is COc1cc(C)c(C(C)NC(=O)c2ccc(OC(C)C)cc2)cc1C(C)C. The van der Waals surface area contributed by atoms with E-state index in [4.69, 9.17) is 9.47 Å². The maximum atomic E-state index is 12.6. The van der Waals surface area contributed by atoms with E-state index in [0.29, 0.717) is 11.5 Å². The fourth-order valence-electron chi connectivity index (χ4n) is 3.13. The van der Waals surface area contributed by atoms with E-state index in [2.05, 4.69) is 25.2 Å². The van der Waals surface area contributed by atoms with Crippen LogP contribution in [0, 0.1) is 6.92 Å². The number of hydrogen-bond acceptors (Lipinski definition) is 3. The molecule has 0 spiro atoms. The van der Waals surface area contributed by atoms with Crippen molar-refractivity contribution in [3.8, 4) is 11.5 Å². The smallest absolute Gasteiger partial charge is 0.251 e. The summed E-state index contributed by atoms with van der Waals surface area (Å²) < 4.78 is 11.1. The Morgan fingerprint density at radius 2 is 1.59 bits per heavy atom. The Balaban J connectivity index is 2.17. The van der Waals surface area contributed by atoms with Gasteiger partial charge in [-0.1, -0.05) is 13.8 Å². The summed E-state index contributed by atoms with van der Waals surface area (Å²) in [5, 5.41) is 3.10. The number of carbonyl (C=O) groups is 1. The average Bonchev–Trinajstić information content (AvgIpc) is 2.60. The zero-order valence-corrected chi connectivity index (χ0v) is 17.4. The Hall–Kier alpha value is -2.49. The van der Waals surface area contributed by atoms with Crippen LogP contribution in [0.25, 0.3) is 0 Å². The molecule has 1 amide bonds. The first-order valence-corrected chi connectivity index (χ1v) is 9.49. The molecule has 2 rings (SSSR count). The first-order valence-electron chi connectivity index (χ1n) is 9.49. The van der Waals surface area contributed by atoms with Gasteiger partial charge < -0.3 is 14.8 Å². The monoisotopic (exact) mass is 369 g/mol. The fourth-order valence-corrected chi connectivity index (χ4v) is 3.13. The lowest BCUT2D eigenvalue weighted by molar-refractivity contribution is 0.0940. The van der Waals surface area contributed by atoms with E-state index >= 15 is 0 Å². The van der Waals surface area contributed by atoms with Crippen molar-refractivity contribution in [2.75, 3.05) is 7.11 Å². The number of nitrogens with one attached hydrogen (secondary N) is 1. The topological polar surface area (TPSA) is 47.6 Å². The molecule has 0 radical (unpaired) electrons. The molecule has 0 aromatic heterocycles. The summed E-state index contributed by atoms with van der Waals surface area (Å²) >= 11 is 0. The molecule has 146 valence electrons. The lowest BCUT2D eigenvalue weighted by Gasteiger charge is -2.21. The number of hydrogen-bond donors (Lipinski definition) is 1. The molecule has 0 fully saturated rings. The Kier molecular flexibility index (Phi) is 6.89. The van der Waals surface area contributed by atoms with E-state index in [-0.39, 0.29) is 18.1 Å². The molecule has 0 aliphatic rings. The number of benzene rings is 2. The molecule has 27 heavy (non-hydrogen) atoms. The van der Waals surface area contributed by atoms with Crippen LogP contribution in [0.4, 0.5) is 0 Å².